The van der Waals surface area contributed by atoms with E-state index in [-0.39, 0.29) is 5.54 Å². The van der Waals surface area contributed by atoms with E-state index < -0.39 is 6.10 Å². The second kappa shape index (κ2) is 6.89. The van der Waals surface area contributed by atoms with Crippen molar-refractivity contribution in [3.63, 3.8) is 0 Å². The number of hydrogen-bond acceptors (Lipinski definition) is 4. The Kier molecular flexibility index (Phi) is 4.82. The van der Waals surface area contributed by atoms with Gasteiger partial charge in [0.05, 0.1) is 5.54 Å². The molecule has 25 heavy (non-hydrogen) atoms. The van der Waals surface area contributed by atoms with Crippen LogP contribution in [0.1, 0.15) is 42.2 Å². The highest BCUT2D eigenvalue weighted by Crippen LogP contribution is 2.27. The summed E-state index contributed by atoms with van der Waals surface area (Å²) in [5, 5.41) is 10.5. The molecular weight excluding hydrogens is 314 g/mol. The highest BCUT2D eigenvalue weighted by Gasteiger charge is 2.30. The predicted molar refractivity (Wildman–Crippen MR) is 99.1 cm³/mol. The van der Waals surface area contributed by atoms with Gasteiger partial charge in [-0.2, -0.15) is 0 Å². The fourth-order valence-corrected chi connectivity index (χ4v) is 2.90. The van der Waals surface area contributed by atoms with Gasteiger partial charge in [0.25, 0.3) is 0 Å². The third-order valence-electron chi connectivity index (χ3n) is 4.42. The Morgan fingerprint density at radius 1 is 1.16 bits per heavy atom. The fourth-order valence-electron chi connectivity index (χ4n) is 2.90. The monoisotopic (exact) mass is 339 g/mol. The zero-order valence-corrected chi connectivity index (χ0v) is 15.2. The highest BCUT2D eigenvalue weighted by atomic mass is 16.5. The van der Waals surface area contributed by atoms with Gasteiger partial charge in [0.15, 0.2) is 6.10 Å². The first kappa shape index (κ1) is 17.5. The number of aliphatic hydroxyl groups is 1. The SMILES string of the molecule is Cc1cccc(C)c1COc1cccc(C(O)C2=NC(C)(C)CO2)c1. The quantitative estimate of drug-likeness (QED) is 0.891. The van der Waals surface area contributed by atoms with Crippen molar-refractivity contribution in [2.24, 2.45) is 4.99 Å². The van der Waals surface area contributed by atoms with Crippen LogP contribution >= 0.6 is 0 Å². The summed E-state index contributed by atoms with van der Waals surface area (Å²) in [4.78, 5) is 4.45. The molecule has 0 saturated heterocycles. The molecule has 0 spiro atoms. The number of ether oxygens (including phenoxy) is 2. The van der Waals surface area contributed by atoms with E-state index in [9.17, 15) is 5.11 Å². The van der Waals surface area contributed by atoms with Crippen molar-refractivity contribution in [2.75, 3.05) is 6.61 Å². The second-order valence-electron chi connectivity index (χ2n) is 7.19. The lowest BCUT2D eigenvalue weighted by Gasteiger charge is -2.14. The molecule has 0 bridgehead atoms. The van der Waals surface area contributed by atoms with Gasteiger partial charge in [-0.3, -0.25) is 0 Å². The molecule has 132 valence electrons. The molecule has 0 aliphatic carbocycles. The Balaban J connectivity index is 1.74. The van der Waals surface area contributed by atoms with Gasteiger partial charge in [-0.1, -0.05) is 30.3 Å². The summed E-state index contributed by atoms with van der Waals surface area (Å²) in [7, 11) is 0. The molecule has 0 amide bonds. The molecule has 4 heteroatoms. The Morgan fingerprint density at radius 2 is 1.84 bits per heavy atom. The molecule has 4 nitrogen and oxygen atoms in total. The molecule has 1 unspecified atom stereocenters. The summed E-state index contributed by atoms with van der Waals surface area (Å²) in [5.41, 5.74) is 4.06. The average molecular weight is 339 g/mol. The largest absolute Gasteiger partial charge is 0.489 e. The highest BCUT2D eigenvalue weighted by molar-refractivity contribution is 5.83. The molecule has 0 aromatic heterocycles. The second-order valence-corrected chi connectivity index (χ2v) is 7.19. The first-order chi connectivity index (χ1) is 11.9. The zero-order valence-electron chi connectivity index (χ0n) is 15.2. The van der Waals surface area contributed by atoms with E-state index >= 15 is 0 Å². The summed E-state index contributed by atoms with van der Waals surface area (Å²) in [6.45, 7) is 9.13. The zero-order chi connectivity index (χ0) is 18.0. The number of nitrogens with zero attached hydrogens (tertiary/aromatic N) is 1. The van der Waals surface area contributed by atoms with E-state index in [2.05, 4.69) is 37.0 Å². The maximum atomic E-state index is 10.5. The Labute approximate surface area is 149 Å². The van der Waals surface area contributed by atoms with E-state index in [0.29, 0.717) is 19.1 Å². The lowest BCUT2D eigenvalue weighted by atomic mass is 10.0. The van der Waals surface area contributed by atoms with Crippen molar-refractivity contribution in [2.45, 2.75) is 45.9 Å². The molecule has 0 fully saturated rings. The number of aryl methyl sites for hydroxylation is 2. The lowest BCUT2D eigenvalue weighted by molar-refractivity contribution is 0.192. The number of hydrogen-bond donors (Lipinski definition) is 1. The minimum Gasteiger partial charge on any atom is -0.489 e. The first-order valence-electron chi connectivity index (χ1n) is 8.54. The van der Waals surface area contributed by atoms with Gasteiger partial charge in [0.1, 0.15) is 19.0 Å². The normalized spacial score (nSPS) is 16.9. The molecule has 0 saturated carbocycles. The summed E-state index contributed by atoms with van der Waals surface area (Å²) in [6.07, 6.45) is -0.870. The standard InChI is InChI=1S/C21H25NO3/c1-14-7-5-8-15(2)18(14)12-24-17-10-6-9-16(11-17)19(23)20-22-21(3,4)13-25-20/h5-11,19,23H,12-13H2,1-4H3. The van der Waals surface area contributed by atoms with Crippen molar-refractivity contribution in [1.82, 2.24) is 0 Å². The topological polar surface area (TPSA) is 51.0 Å². The van der Waals surface area contributed by atoms with Crippen LogP contribution in [0.5, 0.6) is 5.75 Å². The Morgan fingerprint density at radius 3 is 2.48 bits per heavy atom. The predicted octanol–water partition coefficient (Wildman–Crippen LogP) is 4.12. The Bertz CT molecular complexity index is 775. The number of aliphatic hydroxyl groups excluding tert-OH is 1. The van der Waals surface area contributed by atoms with Crippen LogP contribution in [0.15, 0.2) is 47.5 Å². The van der Waals surface area contributed by atoms with Crippen molar-refractivity contribution in [1.29, 1.82) is 0 Å². The van der Waals surface area contributed by atoms with E-state index in [1.165, 1.54) is 16.7 Å². The lowest BCUT2D eigenvalue weighted by Crippen LogP contribution is -2.17. The van der Waals surface area contributed by atoms with Gasteiger partial charge in [-0.05, 0) is 62.1 Å². The van der Waals surface area contributed by atoms with Crippen LogP contribution in [0.3, 0.4) is 0 Å². The number of benzene rings is 2. The maximum absolute atomic E-state index is 10.5. The van der Waals surface area contributed by atoms with Gasteiger partial charge in [-0.15, -0.1) is 0 Å². The molecule has 1 aliphatic heterocycles. The minimum atomic E-state index is -0.870. The van der Waals surface area contributed by atoms with Crippen LogP contribution < -0.4 is 4.74 Å². The average Bonchev–Trinajstić information content (AvgIpc) is 2.94. The summed E-state index contributed by atoms with van der Waals surface area (Å²) < 4.78 is 11.5. The van der Waals surface area contributed by atoms with E-state index in [0.717, 1.165) is 11.3 Å². The van der Waals surface area contributed by atoms with Crippen LogP contribution in [0.2, 0.25) is 0 Å². The number of rotatable bonds is 5. The van der Waals surface area contributed by atoms with Crippen molar-refractivity contribution >= 4 is 5.90 Å². The van der Waals surface area contributed by atoms with Gasteiger partial charge in [0.2, 0.25) is 5.90 Å². The molecule has 3 rings (SSSR count). The third kappa shape index (κ3) is 4.02. The van der Waals surface area contributed by atoms with Crippen molar-refractivity contribution in [3.05, 3.63) is 64.7 Å². The summed E-state index contributed by atoms with van der Waals surface area (Å²) in [6, 6.07) is 13.7. The van der Waals surface area contributed by atoms with Crippen molar-refractivity contribution in [3.8, 4) is 5.75 Å². The third-order valence-corrected chi connectivity index (χ3v) is 4.42. The van der Waals surface area contributed by atoms with E-state index in [1.54, 1.807) is 0 Å². The van der Waals surface area contributed by atoms with E-state index in [1.807, 2.05) is 38.1 Å². The molecule has 1 aliphatic rings. The van der Waals surface area contributed by atoms with Crippen LogP contribution in [0.4, 0.5) is 0 Å². The van der Waals surface area contributed by atoms with Gasteiger partial charge >= 0.3 is 0 Å². The summed E-state index contributed by atoms with van der Waals surface area (Å²) >= 11 is 0. The van der Waals surface area contributed by atoms with Crippen LogP contribution in [0, 0.1) is 13.8 Å². The number of aliphatic imine (C=N–C) groups is 1. The minimum absolute atomic E-state index is 0.285. The van der Waals surface area contributed by atoms with E-state index in [4.69, 9.17) is 9.47 Å². The van der Waals surface area contributed by atoms with Crippen molar-refractivity contribution < 1.29 is 14.6 Å². The van der Waals surface area contributed by atoms with Crippen LogP contribution in [-0.4, -0.2) is 23.2 Å². The molecule has 0 radical (unpaired) electrons. The Hall–Kier alpha value is -2.33. The summed E-state index contributed by atoms with van der Waals surface area (Å²) in [5.74, 6) is 1.09. The molecule has 1 atom stereocenters. The fraction of sp³-hybridized carbons (Fsp3) is 0.381. The van der Waals surface area contributed by atoms with Gasteiger partial charge in [-0.25, -0.2) is 4.99 Å². The van der Waals surface area contributed by atoms with Gasteiger partial charge < -0.3 is 14.6 Å². The van der Waals surface area contributed by atoms with Crippen LogP contribution in [-0.2, 0) is 11.3 Å². The molecule has 2 aromatic rings. The molecule has 2 aromatic carbocycles. The van der Waals surface area contributed by atoms with Crippen LogP contribution in [0.25, 0.3) is 0 Å². The molecule has 1 heterocycles. The molecule has 1 N–H and O–H groups in total. The smallest absolute Gasteiger partial charge is 0.218 e. The first-order valence-corrected chi connectivity index (χ1v) is 8.54. The van der Waals surface area contributed by atoms with Gasteiger partial charge in [0, 0.05) is 0 Å². The molecular formula is C21H25NO3. The maximum Gasteiger partial charge on any atom is 0.218 e.